The molecule has 0 aliphatic rings. The van der Waals surface area contributed by atoms with Gasteiger partial charge in [0.05, 0.1) is 27.1 Å². The Labute approximate surface area is 119 Å². The van der Waals surface area contributed by atoms with Crippen LogP contribution in [-0.4, -0.2) is 11.2 Å². The second-order valence-corrected chi connectivity index (χ2v) is 5.34. The summed E-state index contributed by atoms with van der Waals surface area (Å²) in [5, 5.41) is 5.66. The van der Waals surface area contributed by atoms with E-state index in [2.05, 4.69) is 15.5 Å². The van der Waals surface area contributed by atoms with Crippen LogP contribution in [0.15, 0.2) is 53.6 Å². The van der Waals surface area contributed by atoms with Crippen LogP contribution in [0.4, 0.5) is 5.69 Å². The lowest BCUT2D eigenvalue weighted by Gasteiger charge is -2.00. The van der Waals surface area contributed by atoms with Crippen LogP contribution in [0.25, 0.3) is 10.2 Å². The van der Waals surface area contributed by atoms with Crippen LogP contribution in [0.1, 0.15) is 5.01 Å². The van der Waals surface area contributed by atoms with Gasteiger partial charge >= 0.3 is 0 Å². The van der Waals surface area contributed by atoms with Gasteiger partial charge in [-0.15, -0.1) is 11.3 Å². The molecule has 0 aliphatic heterocycles. The second-order valence-electron chi connectivity index (χ2n) is 3.87. The van der Waals surface area contributed by atoms with Crippen molar-refractivity contribution in [2.24, 2.45) is 5.10 Å². The van der Waals surface area contributed by atoms with E-state index in [-0.39, 0.29) is 0 Å². The lowest BCUT2D eigenvalue weighted by molar-refractivity contribution is 1.34. The zero-order chi connectivity index (χ0) is 13.1. The Morgan fingerprint density at radius 2 is 1.89 bits per heavy atom. The van der Waals surface area contributed by atoms with Gasteiger partial charge in [0.25, 0.3) is 0 Å². The molecule has 0 unspecified atom stereocenters. The maximum atomic E-state index is 6.02. The minimum absolute atomic E-state index is 0.643. The van der Waals surface area contributed by atoms with Crippen LogP contribution in [0.5, 0.6) is 0 Å². The minimum Gasteiger partial charge on any atom is -0.277 e. The molecule has 0 saturated carbocycles. The second kappa shape index (κ2) is 5.38. The fraction of sp³-hybridized carbons (Fsp3) is 0. The van der Waals surface area contributed by atoms with Gasteiger partial charge in [-0.25, -0.2) is 4.98 Å². The van der Waals surface area contributed by atoms with Crippen molar-refractivity contribution >= 4 is 45.1 Å². The third kappa shape index (κ3) is 2.75. The van der Waals surface area contributed by atoms with Crippen LogP contribution in [-0.2, 0) is 0 Å². The van der Waals surface area contributed by atoms with Crippen molar-refractivity contribution in [3.63, 3.8) is 0 Å². The number of benzene rings is 2. The minimum atomic E-state index is 0.643. The number of hydrogen-bond acceptors (Lipinski definition) is 4. The molecule has 3 nitrogen and oxygen atoms in total. The first-order chi connectivity index (χ1) is 9.33. The van der Waals surface area contributed by atoms with E-state index in [1.165, 1.54) is 0 Å². The van der Waals surface area contributed by atoms with Crippen LogP contribution >= 0.6 is 22.9 Å². The first-order valence-electron chi connectivity index (χ1n) is 5.72. The molecule has 0 aliphatic carbocycles. The maximum Gasteiger partial charge on any atom is 0.137 e. The van der Waals surface area contributed by atoms with E-state index in [0.29, 0.717) is 5.02 Å². The number of rotatable bonds is 3. The zero-order valence-corrected chi connectivity index (χ0v) is 11.4. The predicted octanol–water partition coefficient (Wildman–Crippen LogP) is 4.40. The molecule has 3 rings (SSSR count). The lowest BCUT2D eigenvalue weighted by atomic mass is 10.3. The van der Waals surface area contributed by atoms with Gasteiger partial charge in [0.15, 0.2) is 0 Å². The number of para-hydroxylation sites is 2. The van der Waals surface area contributed by atoms with Crippen molar-refractivity contribution in [1.82, 2.24) is 4.98 Å². The topological polar surface area (TPSA) is 37.3 Å². The van der Waals surface area contributed by atoms with Gasteiger partial charge in [-0.2, -0.15) is 5.10 Å². The van der Waals surface area contributed by atoms with Crippen molar-refractivity contribution in [3.8, 4) is 0 Å². The third-order valence-corrected chi connectivity index (χ3v) is 3.84. The number of hydrogen-bond donors (Lipinski definition) is 1. The van der Waals surface area contributed by atoms with E-state index in [9.17, 15) is 0 Å². The van der Waals surface area contributed by atoms with Crippen molar-refractivity contribution in [1.29, 1.82) is 0 Å². The Hall–Kier alpha value is -1.91. The summed E-state index contributed by atoms with van der Waals surface area (Å²) >= 11 is 7.62. The highest BCUT2D eigenvalue weighted by Crippen LogP contribution is 2.21. The number of hydrazone groups is 1. The molecule has 1 heterocycles. The SMILES string of the molecule is Clc1ccccc1N/N=C/c1nc2ccccc2s1. The summed E-state index contributed by atoms with van der Waals surface area (Å²) < 4.78 is 1.15. The molecule has 19 heavy (non-hydrogen) atoms. The van der Waals surface area contributed by atoms with Gasteiger partial charge in [0.2, 0.25) is 0 Å². The van der Waals surface area contributed by atoms with E-state index in [1.807, 2.05) is 48.5 Å². The van der Waals surface area contributed by atoms with Gasteiger partial charge in [0.1, 0.15) is 5.01 Å². The number of halogens is 1. The first-order valence-corrected chi connectivity index (χ1v) is 6.91. The molecule has 0 spiro atoms. The predicted molar refractivity (Wildman–Crippen MR) is 82.3 cm³/mol. The smallest absolute Gasteiger partial charge is 0.137 e. The van der Waals surface area contributed by atoms with Crippen molar-refractivity contribution in [2.75, 3.05) is 5.43 Å². The third-order valence-electron chi connectivity index (χ3n) is 2.54. The van der Waals surface area contributed by atoms with E-state index in [4.69, 9.17) is 11.6 Å². The van der Waals surface area contributed by atoms with E-state index in [1.54, 1.807) is 17.6 Å². The zero-order valence-electron chi connectivity index (χ0n) is 9.88. The molecule has 0 fully saturated rings. The summed E-state index contributed by atoms with van der Waals surface area (Å²) in [4.78, 5) is 4.46. The molecule has 1 N–H and O–H groups in total. The van der Waals surface area contributed by atoms with Gasteiger partial charge in [-0.1, -0.05) is 35.9 Å². The Kier molecular flexibility index (Phi) is 3.44. The Bertz CT molecular complexity index is 703. The number of nitrogens with one attached hydrogen (secondary N) is 1. The molecular weight excluding hydrogens is 278 g/mol. The van der Waals surface area contributed by atoms with Crippen LogP contribution in [0.2, 0.25) is 5.02 Å². The first kappa shape index (κ1) is 12.1. The van der Waals surface area contributed by atoms with Crippen molar-refractivity contribution in [2.45, 2.75) is 0 Å². The van der Waals surface area contributed by atoms with Gasteiger partial charge < -0.3 is 0 Å². The van der Waals surface area contributed by atoms with E-state index in [0.717, 1.165) is 20.9 Å². The summed E-state index contributed by atoms with van der Waals surface area (Å²) in [6.07, 6.45) is 1.70. The average molecular weight is 288 g/mol. The Morgan fingerprint density at radius 1 is 1.11 bits per heavy atom. The molecule has 0 radical (unpaired) electrons. The standard InChI is InChI=1S/C14H10ClN3S/c15-10-5-1-2-6-11(10)18-16-9-14-17-12-7-3-4-8-13(12)19-14/h1-9,18H/b16-9+. The number of anilines is 1. The molecule has 3 aromatic rings. The Balaban J connectivity index is 1.78. The van der Waals surface area contributed by atoms with Gasteiger partial charge in [-0.05, 0) is 24.3 Å². The Morgan fingerprint density at radius 3 is 2.74 bits per heavy atom. The van der Waals surface area contributed by atoms with Crippen LogP contribution in [0.3, 0.4) is 0 Å². The summed E-state index contributed by atoms with van der Waals surface area (Å²) in [5.74, 6) is 0. The highest BCUT2D eigenvalue weighted by atomic mass is 35.5. The molecule has 0 amide bonds. The molecule has 0 bridgehead atoms. The van der Waals surface area contributed by atoms with E-state index >= 15 is 0 Å². The molecule has 1 aromatic heterocycles. The summed E-state index contributed by atoms with van der Waals surface area (Å²) in [6.45, 7) is 0. The fourth-order valence-corrected chi connectivity index (χ4v) is 2.67. The molecular formula is C14H10ClN3S. The van der Waals surface area contributed by atoms with Gasteiger partial charge in [-0.3, -0.25) is 5.43 Å². The summed E-state index contributed by atoms with van der Waals surface area (Å²) in [6, 6.07) is 15.5. The van der Waals surface area contributed by atoms with Crippen molar-refractivity contribution in [3.05, 3.63) is 58.6 Å². The maximum absolute atomic E-state index is 6.02. The van der Waals surface area contributed by atoms with Gasteiger partial charge in [0, 0.05) is 0 Å². The molecule has 0 atom stereocenters. The highest BCUT2D eigenvalue weighted by Gasteiger charge is 2.00. The summed E-state index contributed by atoms with van der Waals surface area (Å²) in [5.41, 5.74) is 4.68. The van der Waals surface area contributed by atoms with Crippen molar-refractivity contribution < 1.29 is 0 Å². The number of nitrogens with zero attached hydrogens (tertiary/aromatic N) is 2. The fourth-order valence-electron chi connectivity index (χ4n) is 1.65. The normalized spacial score (nSPS) is 11.2. The number of thiazole rings is 1. The number of aromatic nitrogens is 1. The molecule has 5 heteroatoms. The molecule has 94 valence electrons. The monoisotopic (exact) mass is 287 g/mol. The largest absolute Gasteiger partial charge is 0.277 e. The van der Waals surface area contributed by atoms with E-state index < -0.39 is 0 Å². The number of fused-ring (bicyclic) bond motifs is 1. The summed E-state index contributed by atoms with van der Waals surface area (Å²) in [7, 11) is 0. The van der Waals surface area contributed by atoms with Crippen LogP contribution in [0, 0.1) is 0 Å². The molecule has 2 aromatic carbocycles. The average Bonchev–Trinajstić information content (AvgIpc) is 2.83. The highest BCUT2D eigenvalue weighted by molar-refractivity contribution is 7.20. The molecule has 0 saturated heterocycles. The lowest BCUT2D eigenvalue weighted by Crippen LogP contribution is -1.90. The van der Waals surface area contributed by atoms with Crippen LogP contribution < -0.4 is 5.43 Å². The quantitative estimate of drug-likeness (QED) is 0.573.